The quantitative estimate of drug-likeness (QED) is 0.162. The molecule has 0 aliphatic carbocycles. The van der Waals surface area contributed by atoms with Crippen molar-refractivity contribution in [3.05, 3.63) is 188 Å². The zero-order valence-corrected chi connectivity index (χ0v) is 34.6. The standard InChI is InChI=1S/C55H31N5S2/c1-3-14-32(15-4-1)52-56-49(51-50(57-52)41-22-11-12-24-45(41)62-51)34-27-29-46-44(30-34)48-42(23-13-25-47(48)61-46)55-59-53(33-16-5-2-6-17-33)58-54(60-55)35-26-28-40-38-20-8-7-18-36(38)37-19-9-10-21-39(37)43(40)31-35/h1-31H. The smallest absolute Gasteiger partial charge is 0.164 e. The Hall–Kier alpha value is -7.71. The molecule has 0 aliphatic heterocycles. The van der Waals surface area contributed by atoms with Gasteiger partial charge >= 0.3 is 0 Å². The van der Waals surface area contributed by atoms with Crippen molar-refractivity contribution in [3.63, 3.8) is 0 Å². The van der Waals surface area contributed by atoms with Crippen LogP contribution in [-0.4, -0.2) is 24.9 Å². The summed E-state index contributed by atoms with van der Waals surface area (Å²) >= 11 is 3.53. The van der Waals surface area contributed by atoms with Gasteiger partial charge in [-0.2, -0.15) is 0 Å². The highest BCUT2D eigenvalue weighted by Crippen LogP contribution is 2.44. The lowest BCUT2D eigenvalue weighted by atomic mass is 9.93. The molecule has 0 radical (unpaired) electrons. The van der Waals surface area contributed by atoms with Crippen LogP contribution in [0.1, 0.15) is 0 Å². The Morgan fingerprint density at radius 1 is 0.290 bits per heavy atom. The maximum absolute atomic E-state index is 5.34. The molecule has 4 aromatic heterocycles. The number of rotatable bonds is 5. The minimum atomic E-state index is 0.631. The second-order valence-electron chi connectivity index (χ2n) is 15.6. The van der Waals surface area contributed by atoms with Gasteiger partial charge in [0.15, 0.2) is 23.3 Å². The van der Waals surface area contributed by atoms with Crippen LogP contribution in [0, 0.1) is 0 Å². The molecular formula is C55H31N5S2. The predicted molar refractivity (Wildman–Crippen MR) is 261 cm³/mol. The van der Waals surface area contributed by atoms with Crippen LogP contribution in [0.3, 0.4) is 0 Å². The van der Waals surface area contributed by atoms with Crippen molar-refractivity contribution in [1.29, 1.82) is 0 Å². The Morgan fingerprint density at radius 3 is 1.52 bits per heavy atom. The normalized spacial score (nSPS) is 11.9. The molecule has 7 heteroatoms. The maximum atomic E-state index is 5.34. The first kappa shape index (κ1) is 35.1. The number of nitrogens with zero attached hydrogens (tertiary/aromatic N) is 5. The van der Waals surface area contributed by atoms with E-state index >= 15 is 0 Å². The summed E-state index contributed by atoms with van der Waals surface area (Å²) in [6.07, 6.45) is 0. The van der Waals surface area contributed by atoms with Crippen LogP contribution in [0.25, 0.3) is 130 Å². The molecule has 0 N–H and O–H groups in total. The molecule has 0 spiro atoms. The van der Waals surface area contributed by atoms with Crippen LogP contribution in [0.5, 0.6) is 0 Å². The van der Waals surface area contributed by atoms with Gasteiger partial charge in [-0.05, 0) is 62.6 Å². The second kappa shape index (κ2) is 13.9. The fourth-order valence-electron chi connectivity index (χ4n) is 9.05. The molecule has 9 aromatic carbocycles. The van der Waals surface area contributed by atoms with Crippen LogP contribution in [0.4, 0.5) is 0 Å². The van der Waals surface area contributed by atoms with E-state index in [-0.39, 0.29) is 0 Å². The first-order chi connectivity index (χ1) is 30.7. The Labute approximate surface area is 363 Å². The lowest BCUT2D eigenvalue weighted by molar-refractivity contribution is 1.08. The SMILES string of the molecule is c1ccc(-c2nc(-c3ccc4c5ccccc5c5ccccc5c4c3)nc(-c3cccc4sc5ccc(-c6nc(-c7ccccc7)nc7c6sc6ccccc67)cc5c34)n2)cc1. The van der Waals surface area contributed by atoms with E-state index in [0.29, 0.717) is 23.3 Å². The summed E-state index contributed by atoms with van der Waals surface area (Å²) in [5.41, 5.74) is 6.77. The number of fused-ring (bicyclic) bond motifs is 12. The summed E-state index contributed by atoms with van der Waals surface area (Å²) < 4.78 is 4.63. The van der Waals surface area contributed by atoms with Gasteiger partial charge in [0.2, 0.25) is 0 Å². The van der Waals surface area contributed by atoms with Gasteiger partial charge in [-0.3, -0.25) is 0 Å². The highest BCUT2D eigenvalue weighted by molar-refractivity contribution is 7.26. The van der Waals surface area contributed by atoms with Crippen LogP contribution in [0.15, 0.2) is 188 Å². The third-order valence-electron chi connectivity index (χ3n) is 11.9. The van der Waals surface area contributed by atoms with E-state index in [1.165, 1.54) is 46.4 Å². The topological polar surface area (TPSA) is 64.5 Å². The van der Waals surface area contributed by atoms with E-state index in [0.717, 1.165) is 59.9 Å². The molecule has 0 saturated carbocycles. The number of benzene rings is 9. The van der Waals surface area contributed by atoms with Crippen molar-refractivity contribution >= 4 is 95.5 Å². The van der Waals surface area contributed by atoms with Crippen molar-refractivity contribution in [2.45, 2.75) is 0 Å². The Morgan fingerprint density at radius 2 is 0.806 bits per heavy atom. The van der Waals surface area contributed by atoms with Crippen molar-refractivity contribution < 1.29 is 0 Å². The van der Waals surface area contributed by atoms with E-state index in [1.807, 2.05) is 36.4 Å². The second-order valence-corrected chi connectivity index (χ2v) is 17.7. The first-order valence-corrected chi connectivity index (χ1v) is 22.2. The van der Waals surface area contributed by atoms with Gasteiger partial charge < -0.3 is 0 Å². The fourth-order valence-corrected chi connectivity index (χ4v) is 11.3. The van der Waals surface area contributed by atoms with Gasteiger partial charge in [0.1, 0.15) is 0 Å². The minimum absolute atomic E-state index is 0.631. The van der Waals surface area contributed by atoms with E-state index in [9.17, 15) is 0 Å². The van der Waals surface area contributed by atoms with Crippen molar-refractivity contribution in [2.75, 3.05) is 0 Å². The summed E-state index contributed by atoms with van der Waals surface area (Å²) in [4.78, 5) is 26.2. The van der Waals surface area contributed by atoms with Gasteiger partial charge in [-0.25, -0.2) is 24.9 Å². The molecule has 0 atom stereocenters. The highest BCUT2D eigenvalue weighted by Gasteiger charge is 2.21. The number of thiophene rings is 2. The summed E-state index contributed by atoms with van der Waals surface area (Å²) in [6.45, 7) is 0. The zero-order chi connectivity index (χ0) is 40.7. The number of hydrogen-bond donors (Lipinski definition) is 0. The molecule has 0 fully saturated rings. The van der Waals surface area contributed by atoms with E-state index in [4.69, 9.17) is 24.9 Å². The lowest BCUT2D eigenvalue weighted by Crippen LogP contribution is -2.00. The van der Waals surface area contributed by atoms with Gasteiger partial charge in [-0.1, -0.05) is 158 Å². The average Bonchev–Trinajstić information content (AvgIpc) is 3.92. The van der Waals surface area contributed by atoms with Gasteiger partial charge in [0.05, 0.1) is 15.9 Å². The summed E-state index contributed by atoms with van der Waals surface area (Å²) in [5, 5.41) is 10.7. The fraction of sp³-hybridized carbons (Fsp3) is 0. The summed E-state index contributed by atoms with van der Waals surface area (Å²) in [5.74, 6) is 2.61. The molecule has 0 saturated heterocycles. The minimum Gasteiger partial charge on any atom is -0.226 e. The van der Waals surface area contributed by atoms with Crippen molar-refractivity contribution in [2.24, 2.45) is 0 Å². The van der Waals surface area contributed by atoms with Crippen LogP contribution < -0.4 is 0 Å². The molecule has 13 rings (SSSR count). The van der Waals surface area contributed by atoms with E-state index < -0.39 is 0 Å². The number of hydrogen-bond acceptors (Lipinski definition) is 7. The molecule has 0 bridgehead atoms. The van der Waals surface area contributed by atoms with E-state index in [1.54, 1.807) is 22.7 Å². The molecule has 62 heavy (non-hydrogen) atoms. The van der Waals surface area contributed by atoms with Crippen LogP contribution in [-0.2, 0) is 0 Å². The maximum Gasteiger partial charge on any atom is 0.164 e. The van der Waals surface area contributed by atoms with Crippen LogP contribution >= 0.6 is 22.7 Å². The predicted octanol–water partition coefficient (Wildman–Crippen LogP) is 15.2. The van der Waals surface area contributed by atoms with Gasteiger partial charge in [0, 0.05) is 58.1 Å². The third kappa shape index (κ3) is 5.56. The molecule has 5 nitrogen and oxygen atoms in total. The number of aromatic nitrogens is 5. The average molecular weight is 826 g/mol. The van der Waals surface area contributed by atoms with Crippen molar-refractivity contribution in [1.82, 2.24) is 24.9 Å². The molecule has 13 aromatic rings. The van der Waals surface area contributed by atoms with Crippen LogP contribution in [0.2, 0.25) is 0 Å². The summed E-state index contributed by atoms with van der Waals surface area (Å²) in [7, 11) is 0. The first-order valence-electron chi connectivity index (χ1n) is 20.6. The molecule has 0 aliphatic rings. The zero-order valence-electron chi connectivity index (χ0n) is 33.0. The molecule has 288 valence electrons. The van der Waals surface area contributed by atoms with E-state index in [2.05, 4.69) is 152 Å². The largest absolute Gasteiger partial charge is 0.226 e. The highest BCUT2D eigenvalue weighted by atomic mass is 32.1. The Balaban J connectivity index is 1.03. The van der Waals surface area contributed by atoms with Gasteiger partial charge in [-0.15, -0.1) is 22.7 Å². The third-order valence-corrected chi connectivity index (χ3v) is 14.2. The lowest BCUT2D eigenvalue weighted by Gasteiger charge is -2.13. The summed E-state index contributed by atoms with van der Waals surface area (Å²) in [6, 6.07) is 66.2. The molecule has 0 unspecified atom stereocenters. The molecular weight excluding hydrogens is 795 g/mol. The van der Waals surface area contributed by atoms with Gasteiger partial charge in [0.25, 0.3) is 0 Å². The molecule has 0 amide bonds. The molecule has 4 heterocycles. The van der Waals surface area contributed by atoms with Crippen molar-refractivity contribution in [3.8, 4) is 56.8 Å². The Bertz CT molecular complexity index is 3900. The Kier molecular flexibility index (Phi) is 7.88. The monoisotopic (exact) mass is 825 g/mol.